The molecule has 0 aromatic heterocycles. The van der Waals surface area contributed by atoms with Gasteiger partial charge in [-0.1, -0.05) is 36.4 Å². The molecule has 0 unspecified atom stereocenters. The zero-order valence-electron chi connectivity index (χ0n) is 18.1. The monoisotopic (exact) mass is 416 g/mol. The fraction of sp³-hybridized carbons (Fsp3) is 0.308. The van der Waals surface area contributed by atoms with E-state index in [0.717, 1.165) is 29.5 Å². The fourth-order valence-electron chi connectivity index (χ4n) is 4.15. The van der Waals surface area contributed by atoms with Crippen LogP contribution >= 0.6 is 0 Å². The molecule has 1 heterocycles. The number of amides is 1. The third-order valence-corrected chi connectivity index (χ3v) is 6.14. The summed E-state index contributed by atoms with van der Waals surface area (Å²) in [4.78, 5) is 28.9. The lowest BCUT2D eigenvalue weighted by molar-refractivity contribution is -0.898. The van der Waals surface area contributed by atoms with Crippen LogP contribution in [0.2, 0.25) is 0 Å². The number of piperazine rings is 1. The van der Waals surface area contributed by atoms with Crippen LogP contribution in [-0.2, 0) is 4.79 Å². The normalized spacial score (nSPS) is 14.5. The molecule has 0 radical (unpaired) electrons. The van der Waals surface area contributed by atoms with Crippen molar-refractivity contribution < 1.29 is 14.5 Å². The molecule has 5 heteroatoms. The molecular formula is C26H30N3O2+. The van der Waals surface area contributed by atoms with E-state index in [9.17, 15) is 9.59 Å². The molecule has 2 N–H and O–H groups in total. The first-order valence-corrected chi connectivity index (χ1v) is 11.1. The maximum atomic E-state index is 12.5. The van der Waals surface area contributed by atoms with Crippen LogP contribution in [0.4, 0.5) is 11.4 Å². The molecule has 0 aliphatic carbocycles. The Labute approximate surface area is 183 Å². The van der Waals surface area contributed by atoms with Crippen molar-refractivity contribution in [1.82, 2.24) is 0 Å². The molecule has 0 saturated carbocycles. The van der Waals surface area contributed by atoms with Crippen LogP contribution in [0.3, 0.4) is 0 Å². The van der Waals surface area contributed by atoms with Gasteiger partial charge in [0.2, 0.25) is 5.91 Å². The first-order valence-electron chi connectivity index (χ1n) is 11.1. The molecule has 1 amide bonds. The summed E-state index contributed by atoms with van der Waals surface area (Å²) in [6.45, 7) is 7.87. The molecule has 31 heavy (non-hydrogen) atoms. The predicted molar refractivity (Wildman–Crippen MR) is 126 cm³/mol. The van der Waals surface area contributed by atoms with Gasteiger partial charge >= 0.3 is 0 Å². The van der Waals surface area contributed by atoms with E-state index < -0.39 is 0 Å². The molecule has 4 rings (SSSR count). The van der Waals surface area contributed by atoms with Crippen LogP contribution in [0.5, 0.6) is 0 Å². The summed E-state index contributed by atoms with van der Waals surface area (Å²) >= 11 is 0. The maximum Gasteiger partial charge on any atom is 0.224 e. The van der Waals surface area contributed by atoms with Crippen LogP contribution < -0.4 is 15.1 Å². The number of carbonyl (C=O) groups is 2. The van der Waals surface area contributed by atoms with Gasteiger partial charge in [0.1, 0.15) is 0 Å². The molecule has 0 spiro atoms. The highest BCUT2D eigenvalue weighted by Crippen LogP contribution is 2.19. The largest absolute Gasteiger partial charge is 0.360 e. The van der Waals surface area contributed by atoms with Gasteiger partial charge in [-0.25, -0.2) is 0 Å². The molecule has 5 nitrogen and oxygen atoms in total. The van der Waals surface area contributed by atoms with Gasteiger partial charge in [0.25, 0.3) is 0 Å². The van der Waals surface area contributed by atoms with Crippen LogP contribution in [0, 0.1) is 0 Å². The van der Waals surface area contributed by atoms with Crippen molar-refractivity contribution in [1.29, 1.82) is 0 Å². The predicted octanol–water partition coefficient (Wildman–Crippen LogP) is 3.17. The van der Waals surface area contributed by atoms with Crippen molar-refractivity contribution in [3.05, 3.63) is 72.3 Å². The molecule has 0 atom stereocenters. The van der Waals surface area contributed by atoms with E-state index >= 15 is 0 Å². The van der Waals surface area contributed by atoms with Crippen molar-refractivity contribution in [3.63, 3.8) is 0 Å². The van der Waals surface area contributed by atoms with E-state index in [1.165, 1.54) is 25.3 Å². The van der Waals surface area contributed by atoms with Gasteiger partial charge in [-0.15, -0.1) is 0 Å². The summed E-state index contributed by atoms with van der Waals surface area (Å²) in [5.41, 5.74) is 2.62. The van der Waals surface area contributed by atoms with E-state index in [2.05, 4.69) is 29.3 Å². The Kier molecular flexibility index (Phi) is 6.63. The van der Waals surface area contributed by atoms with E-state index in [-0.39, 0.29) is 24.5 Å². The molecule has 3 aromatic carbocycles. The second-order valence-corrected chi connectivity index (χ2v) is 8.17. The number of rotatable bonds is 7. The maximum absolute atomic E-state index is 12.5. The van der Waals surface area contributed by atoms with E-state index in [0.29, 0.717) is 5.56 Å². The topological polar surface area (TPSA) is 53.9 Å². The van der Waals surface area contributed by atoms with Crippen LogP contribution in [0.1, 0.15) is 30.1 Å². The van der Waals surface area contributed by atoms with E-state index in [1.807, 2.05) is 54.6 Å². The quantitative estimate of drug-likeness (QED) is 0.582. The van der Waals surface area contributed by atoms with E-state index in [4.69, 9.17) is 0 Å². The van der Waals surface area contributed by atoms with Crippen molar-refractivity contribution in [3.8, 4) is 0 Å². The van der Waals surface area contributed by atoms with Gasteiger partial charge in [-0.05, 0) is 48.0 Å². The van der Waals surface area contributed by atoms with Gasteiger partial charge in [-0.3, -0.25) is 9.59 Å². The van der Waals surface area contributed by atoms with Gasteiger partial charge in [0, 0.05) is 29.8 Å². The summed E-state index contributed by atoms with van der Waals surface area (Å²) in [6.07, 6.45) is 0.376. The van der Waals surface area contributed by atoms with Gasteiger partial charge in [0.15, 0.2) is 5.78 Å². The number of nitrogens with one attached hydrogen (secondary N) is 2. The Balaban J connectivity index is 1.28. The lowest BCUT2D eigenvalue weighted by Crippen LogP contribution is -3.14. The third-order valence-electron chi connectivity index (χ3n) is 6.14. The third kappa shape index (κ3) is 5.30. The molecule has 1 aliphatic rings. The Morgan fingerprint density at radius 1 is 0.903 bits per heavy atom. The minimum absolute atomic E-state index is 0.00963. The lowest BCUT2D eigenvalue weighted by atomic mass is 10.0. The molecule has 160 valence electrons. The Morgan fingerprint density at radius 2 is 1.61 bits per heavy atom. The first-order chi connectivity index (χ1) is 15.1. The number of likely N-dealkylation sites (N-methyl/N-ethyl adjacent to an activating group) is 1. The van der Waals surface area contributed by atoms with Crippen molar-refractivity contribution in [2.24, 2.45) is 0 Å². The molecule has 1 saturated heterocycles. The van der Waals surface area contributed by atoms with Gasteiger partial charge in [0.05, 0.1) is 32.7 Å². The zero-order valence-corrected chi connectivity index (χ0v) is 18.1. The average Bonchev–Trinajstić information content (AvgIpc) is 2.83. The number of quaternary nitrogens is 1. The number of nitrogens with zero attached hydrogens (tertiary/aromatic N) is 1. The average molecular weight is 417 g/mol. The van der Waals surface area contributed by atoms with Gasteiger partial charge in [-0.2, -0.15) is 0 Å². The lowest BCUT2D eigenvalue weighted by Gasteiger charge is -2.33. The summed E-state index contributed by atoms with van der Waals surface area (Å²) in [5.74, 6) is -0.147. The minimum atomic E-state index is -0.137. The fourth-order valence-corrected chi connectivity index (χ4v) is 4.15. The Morgan fingerprint density at radius 3 is 2.32 bits per heavy atom. The number of ketones is 1. The second kappa shape index (κ2) is 9.75. The highest BCUT2D eigenvalue weighted by atomic mass is 16.2. The number of fused-ring (bicyclic) bond motifs is 1. The standard InChI is InChI=1S/C26H29N3O2/c1-2-28-15-17-29(18-16-28)24-11-9-23(10-12-24)27-26(31)14-13-25(30)22-8-7-20-5-3-4-6-21(20)19-22/h3-12,19H,2,13-18H2,1H3,(H,27,31)/p+1. The van der Waals surface area contributed by atoms with Gasteiger partial charge < -0.3 is 15.1 Å². The summed E-state index contributed by atoms with van der Waals surface area (Å²) in [5, 5.41) is 5.05. The van der Waals surface area contributed by atoms with Crippen LogP contribution in [-0.4, -0.2) is 44.4 Å². The number of carbonyl (C=O) groups excluding carboxylic acids is 2. The summed E-state index contributed by atoms with van der Waals surface area (Å²) < 4.78 is 0. The van der Waals surface area contributed by atoms with Crippen molar-refractivity contribution >= 4 is 33.8 Å². The molecule has 1 fully saturated rings. The minimum Gasteiger partial charge on any atom is -0.360 e. The number of hydrogen-bond acceptors (Lipinski definition) is 3. The number of benzene rings is 3. The molecule has 0 bridgehead atoms. The van der Waals surface area contributed by atoms with E-state index in [1.54, 1.807) is 4.90 Å². The Bertz CT molecular complexity index is 1050. The van der Waals surface area contributed by atoms with Crippen LogP contribution in [0.15, 0.2) is 66.7 Å². The summed E-state index contributed by atoms with van der Waals surface area (Å²) in [7, 11) is 0. The highest BCUT2D eigenvalue weighted by molar-refractivity contribution is 6.02. The smallest absolute Gasteiger partial charge is 0.224 e. The second-order valence-electron chi connectivity index (χ2n) is 8.17. The highest BCUT2D eigenvalue weighted by Gasteiger charge is 2.18. The number of Topliss-reactive ketones (excluding diaryl/α,β-unsaturated/α-hetero) is 1. The van der Waals surface area contributed by atoms with Crippen LogP contribution in [0.25, 0.3) is 10.8 Å². The Hall–Kier alpha value is -3.18. The first kappa shape index (κ1) is 21.1. The van der Waals surface area contributed by atoms with Crippen molar-refractivity contribution in [2.45, 2.75) is 19.8 Å². The zero-order chi connectivity index (χ0) is 21.6. The SMILES string of the molecule is CC[NH+]1CCN(c2ccc(NC(=O)CCC(=O)c3ccc4ccccc4c3)cc2)CC1. The summed E-state index contributed by atoms with van der Waals surface area (Å²) in [6, 6.07) is 21.7. The number of anilines is 2. The molecular weight excluding hydrogens is 386 g/mol. The number of hydrogen-bond donors (Lipinski definition) is 2. The molecule has 3 aromatic rings. The van der Waals surface area contributed by atoms with Crippen molar-refractivity contribution in [2.75, 3.05) is 42.9 Å². The molecule has 1 aliphatic heterocycles.